The van der Waals surface area contributed by atoms with Crippen LogP contribution in [0, 0.1) is 5.92 Å². The first kappa shape index (κ1) is 17.3. The minimum atomic E-state index is 0.401. The standard InChI is InChI=1S/C24H25NS/c1-3-25-16-17(2)24(18-9-5-4-6-10-18)19-13-14-23-21(15-19)20-11-7-8-12-22(20)26-23/h4-15,17,24-25H,3,16H2,1-2H3. The highest BCUT2D eigenvalue weighted by Gasteiger charge is 2.22. The van der Waals surface area contributed by atoms with Gasteiger partial charge in [0.05, 0.1) is 0 Å². The van der Waals surface area contributed by atoms with Crippen molar-refractivity contribution < 1.29 is 0 Å². The molecule has 0 amide bonds. The van der Waals surface area contributed by atoms with Crippen LogP contribution in [0.4, 0.5) is 0 Å². The maximum Gasteiger partial charge on any atom is 0.0355 e. The van der Waals surface area contributed by atoms with Gasteiger partial charge in [-0.25, -0.2) is 0 Å². The molecule has 4 rings (SSSR count). The molecule has 0 radical (unpaired) electrons. The lowest BCUT2D eigenvalue weighted by Gasteiger charge is -2.25. The summed E-state index contributed by atoms with van der Waals surface area (Å²) in [5, 5.41) is 6.30. The Bertz CT molecular complexity index is 1000. The van der Waals surface area contributed by atoms with Gasteiger partial charge in [0.1, 0.15) is 0 Å². The monoisotopic (exact) mass is 359 g/mol. The Labute approximate surface area is 159 Å². The Balaban J connectivity index is 1.83. The summed E-state index contributed by atoms with van der Waals surface area (Å²) < 4.78 is 2.75. The summed E-state index contributed by atoms with van der Waals surface area (Å²) in [6.45, 7) is 6.57. The SMILES string of the molecule is CCNCC(C)C(c1ccccc1)c1ccc2sc3ccccc3c2c1. The molecule has 4 aromatic rings. The largest absolute Gasteiger partial charge is 0.317 e. The predicted octanol–water partition coefficient (Wildman–Crippen LogP) is 6.43. The summed E-state index contributed by atoms with van der Waals surface area (Å²) in [7, 11) is 0. The van der Waals surface area contributed by atoms with E-state index in [1.165, 1.54) is 31.3 Å². The lowest BCUT2D eigenvalue weighted by atomic mass is 9.81. The summed E-state index contributed by atoms with van der Waals surface area (Å²) in [4.78, 5) is 0. The average Bonchev–Trinajstić information content (AvgIpc) is 3.05. The molecule has 1 aromatic heterocycles. The summed E-state index contributed by atoms with van der Waals surface area (Å²) in [6, 6.07) is 26.8. The van der Waals surface area contributed by atoms with E-state index in [2.05, 4.69) is 92.0 Å². The number of fused-ring (bicyclic) bond motifs is 3. The molecule has 3 aromatic carbocycles. The minimum Gasteiger partial charge on any atom is -0.317 e. The van der Waals surface area contributed by atoms with Crippen molar-refractivity contribution in [2.24, 2.45) is 5.92 Å². The highest BCUT2D eigenvalue weighted by molar-refractivity contribution is 7.25. The molecule has 0 saturated carbocycles. The quantitative estimate of drug-likeness (QED) is 0.418. The van der Waals surface area contributed by atoms with Gasteiger partial charge in [-0.15, -0.1) is 11.3 Å². The fraction of sp³-hybridized carbons (Fsp3) is 0.250. The average molecular weight is 360 g/mol. The van der Waals surface area contributed by atoms with Crippen molar-refractivity contribution in [2.45, 2.75) is 19.8 Å². The Morgan fingerprint density at radius 1 is 0.808 bits per heavy atom. The zero-order valence-electron chi connectivity index (χ0n) is 15.4. The number of hydrogen-bond acceptors (Lipinski definition) is 2. The second-order valence-electron chi connectivity index (χ2n) is 7.03. The molecule has 2 heteroatoms. The van der Waals surface area contributed by atoms with Crippen LogP contribution in [-0.2, 0) is 0 Å². The number of nitrogens with one attached hydrogen (secondary N) is 1. The maximum absolute atomic E-state index is 3.53. The van der Waals surface area contributed by atoms with Crippen molar-refractivity contribution in [3.8, 4) is 0 Å². The van der Waals surface area contributed by atoms with Crippen molar-refractivity contribution in [1.82, 2.24) is 5.32 Å². The molecule has 0 aliphatic carbocycles. The first-order valence-corrected chi connectivity index (χ1v) is 10.3. The number of hydrogen-bond donors (Lipinski definition) is 1. The summed E-state index contributed by atoms with van der Waals surface area (Å²) >= 11 is 1.89. The molecule has 1 heterocycles. The van der Waals surface area contributed by atoms with Crippen LogP contribution in [-0.4, -0.2) is 13.1 Å². The van der Waals surface area contributed by atoms with Gasteiger partial charge in [-0.05, 0) is 48.3 Å². The van der Waals surface area contributed by atoms with Crippen LogP contribution in [0.15, 0.2) is 72.8 Å². The summed E-state index contributed by atoms with van der Waals surface area (Å²) in [5.41, 5.74) is 2.81. The fourth-order valence-corrected chi connectivity index (χ4v) is 5.02. The highest BCUT2D eigenvalue weighted by atomic mass is 32.1. The zero-order valence-corrected chi connectivity index (χ0v) is 16.2. The molecule has 0 aliphatic heterocycles. The van der Waals surface area contributed by atoms with Crippen LogP contribution in [0.5, 0.6) is 0 Å². The molecule has 2 unspecified atom stereocenters. The molecule has 1 nitrogen and oxygen atoms in total. The van der Waals surface area contributed by atoms with Crippen LogP contribution < -0.4 is 5.32 Å². The van der Waals surface area contributed by atoms with Crippen LogP contribution in [0.1, 0.15) is 30.9 Å². The number of thiophene rings is 1. The fourth-order valence-electron chi connectivity index (χ4n) is 3.94. The van der Waals surface area contributed by atoms with Gasteiger partial charge in [-0.3, -0.25) is 0 Å². The smallest absolute Gasteiger partial charge is 0.0355 e. The van der Waals surface area contributed by atoms with Crippen LogP contribution in [0.25, 0.3) is 20.2 Å². The van der Waals surface area contributed by atoms with Crippen molar-refractivity contribution in [3.63, 3.8) is 0 Å². The second kappa shape index (κ2) is 7.61. The van der Waals surface area contributed by atoms with E-state index in [0.717, 1.165) is 13.1 Å². The summed E-state index contributed by atoms with van der Waals surface area (Å²) in [6.07, 6.45) is 0. The van der Waals surface area contributed by atoms with E-state index in [4.69, 9.17) is 0 Å². The summed E-state index contributed by atoms with van der Waals surface area (Å²) in [5.74, 6) is 0.929. The van der Waals surface area contributed by atoms with Crippen molar-refractivity contribution >= 4 is 31.5 Å². The van der Waals surface area contributed by atoms with Gasteiger partial charge in [0, 0.05) is 26.1 Å². The van der Waals surface area contributed by atoms with Gasteiger partial charge in [-0.2, -0.15) is 0 Å². The topological polar surface area (TPSA) is 12.0 Å². The Morgan fingerprint density at radius 2 is 1.54 bits per heavy atom. The lowest BCUT2D eigenvalue weighted by molar-refractivity contribution is 0.473. The van der Waals surface area contributed by atoms with Gasteiger partial charge >= 0.3 is 0 Å². The minimum absolute atomic E-state index is 0.401. The first-order chi connectivity index (χ1) is 12.8. The van der Waals surface area contributed by atoms with Crippen molar-refractivity contribution in [1.29, 1.82) is 0 Å². The van der Waals surface area contributed by atoms with Gasteiger partial charge in [0.25, 0.3) is 0 Å². The highest BCUT2D eigenvalue weighted by Crippen LogP contribution is 2.38. The van der Waals surface area contributed by atoms with E-state index in [0.29, 0.717) is 11.8 Å². The van der Waals surface area contributed by atoms with E-state index in [1.807, 2.05) is 11.3 Å². The van der Waals surface area contributed by atoms with Gasteiger partial charge < -0.3 is 5.32 Å². The van der Waals surface area contributed by atoms with Crippen LogP contribution >= 0.6 is 11.3 Å². The maximum atomic E-state index is 3.53. The molecular formula is C24H25NS. The van der Waals surface area contributed by atoms with E-state index in [1.54, 1.807) is 0 Å². The number of benzene rings is 3. The Morgan fingerprint density at radius 3 is 2.35 bits per heavy atom. The third-order valence-electron chi connectivity index (χ3n) is 5.20. The zero-order chi connectivity index (χ0) is 17.9. The molecule has 2 atom stereocenters. The molecule has 1 N–H and O–H groups in total. The molecule has 0 spiro atoms. The van der Waals surface area contributed by atoms with Crippen molar-refractivity contribution in [3.05, 3.63) is 83.9 Å². The third kappa shape index (κ3) is 3.27. The number of rotatable bonds is 6. The van der Waals surface area contributed by atoms with Crippen LogP contribution in [0.2, 0.25) is 0 Å². The molecule has 0 aliphatic rings. The van der Waals surface area contributed by atoms with Crippen molar-refractivity contribution in [2.75, 3.05) is 13.1 Å². The molecular weight excluding hydrogens is 334 g/mol. The van der Waals surface area contributed by atoms with Gasteiger partial charge in [-0.1, -0.05) is 68.4 Å². The second-order valence-corrected chi connectivity index (χ2v) is 8.11. The molecule has 132 valence electrons. The van der Waals surface area contributed by atoms with E-state index in [-0.39, 0.29) is 0 Å². The third-order valence-corrected chi connectivity index (χ3v) is 6.36. The normalized spacial score (nSPS) is 13.9. The molecule has 26 heavy (non-hydrogen) atoms. The molecule has 0 saturated heterocycles. The van der Waals surface area contributed by atoms with E-state index in [9.17, 15) is 0 Å². The lowest BCUT2D eigenvalue weighted by Crippen LogP contribution is -2.25. The first-order valence-electron chi connectivity index (χ1n) is 9.44. The van der Waals surface area contributed by atoms with Crippen LogP contribution in [0.3, 0.4) is 0 Å². The predicted molar refractivity (Wildman–Crippen MR) is 115 cm³/mol. The Kier molecular flexibility index (Phi) is 5.05. The molecule has 0 bridgehead atoms. The Hall–Kier alpha value is -2.16. The van der Waals surface area contributed by atoms with Gasteiger partial charge in [0.2, 0.25) is 0 Å². The van der Waals surface area contributed by atoms with E-state index < -0.39 is 0 Å². The van der Waals surface area contributed by atoms with E-state index >= 15 is 0 Å². The molecule has 0 fully saturated rings. The van der Waals surface area contributed by atoms with Gasteiger partial charge in [0.15, 0.2) is 0 Å².